The summed E-state index contributed by atoms with van der Waals surface area (Å²) in [5.74, 6) is -2.88. The van der Waals surface area contributed by atoms with Gasteiger partial charge in [0, 0.05) is 12.1 Å². The van der Waals surface area contributed by atoms with Gasteiger partial charge in [-0.3, -0.25) is 19.2 Å². The molecule has 2 fully saturated rings. The molecule has 0 aromatic heterocycles. The van der Waals surface area contributed by atoms with Crippen LogP contribution in [-0.2, 0) is 19.2 Å². The Morgan fingerprint density at radius 3 is 2.00 bits per heavy atom. The number of rotatable bonds is 10. The van der Waals surface area contributed by atoms with Gasteiger partial charge >= 0.3 is 6.03 Å². The van der Waals surface area contributed by atoms with Crippen molar-refractivity contribution in [3.63, 3.8) is 0 Å². The van der Waals surface area contributed by atoms with E-state index in [-0.39, 0.29) is 17.7 Å². The van der Waals surface area contributed by atoms with Crippen LogP contribution in [0.3, 0.4) is 0 Å². The summed E-state index contributed by atoms with van der Waals surface area (Å²) in [7, 11) is 0. The summed E-state index contributed by atoms with van der Waals surface area (Å²) in [5, 5.41) is 8.43. The smallest absolute Gasteiger partial charge is 0.315 e. The Kier molecular flexibility index (Phi) is 10.0. The molecule has 1 aliphatic carbocycles. The van der Waals surface area contributed by atoms with Crippen LogP contribution in [0.25, 0.3) is 0 Å². The molecule has 0 radical (unpaired) electrons. The lowest BCUT2D eigenvalue weighted by atomic mass is 9.74. The van der Waals surface area contributed by atoms with E-state index in [1.165, 1.54) is 4.90 Å². The zero-order valence-electron chi connectivity index (χ0n) is 25.0. The standard InChI is InChI=1S/C29H49N5O5/c1-10-29(8,9)18-14-15-34(25(38)22(27(2,3)4)32-26(39)33-28(5,6)7)20(18)24(37)31-19(21(35)23(30)36)16-17-12-11-13-17/h10,17-20,22H,1,11-16H2,2-9H3,(H2,30,36)(H,31,37)(H2,32,33,39)/t18-,19-,20-,22+/m0/s1. The monoisotopic (exact) mass is 547 g/mol. The quantitative estimate of drug-likeness (QED) is 0.245. The van der Waals surface area contributed by atoms with E-state index in [0.29, 0.717) is 19.4 Å². The minimum Gasteiger partial charge on any atom is -0.363 e. The first-order chi connectivity index (χ1) is 17.8. The molecule has 10 heteroatoms. The van der Waals surface area contributed by atoms with Crippen LogP contribution in [0.2, 0.25) is 0 Å². The largest absolute Gasteiger partial charge is 0.363 e. The fraction of sp³-hybridized carbons (Fsp3) is 0.759. The second-order valence-electron chi connectivity index (χ2n) is 13.9. The van der Waals surface area contributed by atoms with Crippen LogP contribution in [0, 0.1) is 22.7 Å². The Morgan fingerprint density at radius 2 is 1.56 bits per heavy atom. The minimum atomic E-state index is -1.09. The van der Waals surface area contributed by atoms with Gasteiger partial charge in [0.25, 0.3) is 5.91 Å². The summed E-state index contributed by atoms with van der Waals surface area (Å²) in [6, 6.07) is -3.36. The van der Waals surface area contributed by atoms with Gasteiger partial charge in [-0.05, 0) is 56.3 Å². The van der Waals surface area contributed by atoms with E-state index >= 15 is 0 Å². The average molecular weight is 548 g/mol. The molecule has 0 spiro atoms. The molecule has 5 amide bonds. The molecule has 0 bridgehead atoms. The van der Waals surface area contributed by atoms with E-state index in [4.69, 9.17) is 5.73 Å². The number of nitrogens with zero attached hydrogens (tertiary/aromatic N) is 1. The highest BCUT2D eigenvalue weighted by Crippen LogP contribution is 2.41. The molecule has 0 aromatic carbocycles. The van der Waals surface area contributed by atoms with Crippen LogP contribution >= 0.6 is 0 Å². The first-order valence-electron chi connectivity index (χ1n) is 13.9. The molecule has 10 nitrogen and oxygen atoms in total. The van der Waals surface area contributed by atoms with Gasteiger partial charge in [-0.15, -0.1) is 6.58 Å². The molecule has 1 saturated heterocycles. The molecule has 0 aromatic rings. The predicted molar refractivity (Wildman–Crippen MR) is 150 cm³/mol. The number of carbonyl (C=O) groups excluding carboxylic acids is 5. The molecule has 220 valence electrons. The first-order valence-corrected chi connectivity index (χ1v) is 13.9. The van der Waals surface area contributed by atoms with Gasteiger partial charge in [0.1, 0.15) is 12.1 Å². The Hall–Kier alpha value is -2.91. The van der Waals surface area contributed by atoms with Crippen molar-refractivity contribution in [2.24, 2.45) is 28.4 Å². The molecular weight excluding hydrogens is 498 g/mol. The van der Waals surface area contributed by atoms with E-state index in [2.05, 4.69) is 22.5 Å². The molecule has 0 unspecified atom stereocenters. The minimum absolute atomic E-state index is 0.233. The SMILES string of the molecule is C=CC(C)(C)[C@H]1CCN(C(=O)[C@@H](NC(=O)NC(C)(C)C)C(C)(C)C)[C@@H]1C(=O)N[C@@H](CC1CCC1)C(=O)C(N)=O. The topological polar surface area (TPSA) is 151 Å². The summed E-state index contributed by atoms with van der Waals surface area (Å²) < 4.78 is 0. The maximum Gasteiger partial charge on any atom is 0.315 e. The number of allylic oxidation sites excluding steroid dienone is 1. The van der Waals surface area contributed by atoms with E-state index in [1.54, 1.807) is 6.08 Å². The highest BCUT2D eigenvalue weighted by molar-refractivity contribution is 6.37. The summed E-state index contributed by atoms with van der Waals surface area (Å²) in [5.41, 5.74) is 3.63. The van der Waals surface area contributed by atoms with Gasteiger partial charge in [0.2, 0.25) is 17.6 Å². The van der Waals surface area contributed by atoms with Crippen LogP contribution in [0.15, 0.2) is 12.7 Å². The fourth-order valence-corrected chi connectivity index (χ4v) is 5.34. The summed E-state index contributed by atoms with van der Waals surface area (Å²) in [4.78, 5) is 66.7. The molecule has 1 saturated carbocycles. The zero-order chi connectivity index (χ0) is 29.9. The lowest BCUT2D eigenvalue weighted by Crippen LogP contribution is -2.62. The van der Waals surface area contributed by atoms with Gasteiger partial charge < -0.3 is 26.6 Å². The lowest BCUT2D eigenvalue weighted by Gasteiger charge is -2.39. The number of Topliss-reactive ketones (excluding diaryl/α,β-unsaturated/α-hetero) is 1. The van der Waals surface area contributed by atoms with Crippen molar-refractivity contribution in [2.45, 2.75) is 111 Å². The van der Waals surface area contributed by atoms with Crippen molar-refractivity contribution in [3.8, 4) is 0 Å². The van der Waals surface area contributed by atoms with E-state index in [9.17, 15) is 24.0 Å². The van der Waals surface area contributed by atoms with Crippen LogP contribution in [0.5, 0.6) is 0 Å². The maximum absolute atomic E-state index is 14.1. The molecule has 39 heavy (non-hydrogen) atoms. The average Bonchev–Trinajstić information content (AvgIpc) is 3.22. The molecule has 2 rings (SSSR count). The number of ketones is 1. The normalized spacial score (nSPS) is 21.8. The number of hydrogen-bond acceptors (Lipinski definition) is 5. The maximum atomic E-state index is 14.1. The number of carbonyl (C=O) groups is 5. The lowest BCUT2D eigenvalue weighted by molar-refractivity contribution is -0.145. The number of hydrogen-bond donors (Lipinski definition) is 4. The Bertz CT molecular complexity index is 974. The number of nitrogens with one attached hydrogen (secondary N) is 3. The van der Waals surface area contributed by atoms with Crippen LogP contribution < -0.4 is 21.7 Å². The highest BCUT2D eigenvalue weighted by atomic mass is 16.2. The van der Waals surface area contributed by atoms with Crippen molar-refractivity contribution in [1.82, 2.24) is 20.9 Å². The van der Waals surface area contributed by atoms with Gasteiger partial charge in [-0.25, -0.2) is 4.79 Å². The third-order valence-corrected chi connectivity index (χ3v) is 7.98. The van der Waals surface area contributed by atoms with Gasteiger partial charge in [-0.2, -0.15) is 0 Å². The van der Waals surface area contributed by atoms with Crippen molar-refractivity contribution >= 4 is 29.5 Å². The van der Waals surface area contributed by atoms with Crippen LogP contribution in [0.1, 0.15) is 87.5 Å². The fourth-order valence-electron chi connectivity index (χ4n) is 5.34. The van der Waals surface area contributed by atoms with Crippen LogP contribution in [0.4, 0.5) is 4.79 Å². The molecule has 1 heterocycles. The van der Waals surface area contributed by atoms with Gasteiger partial charge in [0.05, 0.1) is 6.04 Å². The predicted octanol–water partition coefficient (Wildman–Crippen LogP) is 2.66. The molecular formula is C29H49N5O5. The summed E-state index contributed by atoms with van der Waals surface area (Å²) >= 11 is 0. The van der Waals surface area contributed by atoms with Crippen molar-refractivity contribution in [3.05, 3.63) is 12.7 Å². The van der Waals surface area contributed by atoms with Crippen molar-refractivity contribution < 1.29 is 24.0 Å². The van der Waals surface area contributed by atoms with E-state index < -0.39 is 58.1 Å². The second kappa shape index (κ2) is 12.1. The van der Waals surface area contributed by atoms with Gasteiger partial charge in [-0.1, -0.05) is 60.0 Å². The number of nitrogens with two attached hydrogens (primary N) is 1. The number of likely N-dealkylation sites (tertiary alicyclic amines) is 1. The Balaban J connectivity index is 2.41. The van der Waals surface area contributed by atoms with E-state index in [0.717, 1.165) is 19.3 Å². The second-order valence-corrected chi connectivity index (χ2v) is 13.9. The third-order valence-electron chi connectivity index (χ3n) is 7.98. The Labute approximate surface area is 233 Å². The Morgan fingerprint density at radius 1 is 0.974 bits per heavy atom. The highest BCUT2D eigenvalue weighted by Gasteiger charge is 2.50. The number of urea groups is 1. The van der Waals surface area contributed by atoms with E-state index in [1.807, 2.05) is 55.4 Å². The van der Waals surface area contributed by atoms with Gasteiger partial charge in [0.15, 0.2) is 0 Å². The molecule has 4 atom stereocenters. The zero-order valence-corrected chi connectivity index (χ0v) is 25.0. The van der Waals surface area contributed by atoms with Crippen LogP contribution in [-0.4, -0.2) is 64.6 Å². The van der Waals surface area contributed by atoms with Crippen molar-refractivity contribution in [2.75, 3.05) is 6.54 Å². The molecule has 2 aliphatic rings. The summed E-state index contributed by atoms with van der Waals surface area (Å²) in [6.07, 6.45) is 5.53. The molecule has 5 N–H and O–H groups in total. The summed E-state index contributed by atoms with van der Waals surface area (Å²) in [6.45, 7) is 19.2. The number of amides is 5. The first kappa shape index (κ1) is 32.3. The van der Waals surface area contributed by atoms with Crippen molar-refractivity contribution in [1.29, 1.82) is 0 Å². The third kappa shape index (κ3) is 8.29. The molecule has 1 aliphatic heterocycles. The number of primary amides is 1.